The summed E-state index contributed by atoms with van der Waals surface area (Å²) in [6.07, 6.45) is 0.728. The Morgan fingerprint density at radius 1 is 1.32 bits per heavy atom. The van der Waals surface area contributed by atoms with E-state index in [-0.39, 0.29) is 24.0 Å². The van der Waals surface area contributed by atoms with E-state index in [1.807, 2.05) is 17.5 Å². The van der Waals surface area contributed by atoms with Gasteiger partial charge in [-0.25, -0.2) is 4.98 Å². The summed E-state index contributed by atoms with van der Waals surface area (Å²) in [6, 6.07) is 7.12. The Labute approximate surface area is 135 Å². The maximum Gasteiger partial charge on any atom is 0.251 e. The normalized spacial score (nSPS) is 12.9. The monoisotopic (exact) mass is 318 g/mol. The van der Waals surface area contributed by atoms with Gasteiger partial charge in [-0.1, -0.05) is 32.9 Å². The summed E-state index contributed by atoms with van der Waals surface area (Å²) >= 11 is 1.54. The second-order valence-corrected chi connectivity index (χ2v) is 7.29. The molecule has 0 aliphatic heterocycles. The summed E-state index contributed by atoms with van der Waals surface area (Å²) in [7, 11) is 0. The highest BCUT2D eigenvalue weighted by Gasteiger charge is 2.20. The minimum absolute atomic E-state index is 0.0507. The lowest BCUT2D eigenvalue weighted by Crippen LogP contribution is -2.40. The fourth-order valence-electron chi connectivity index (χ4n) is 2.32. The molecule has 2 rings (SSSR count). The van der Waals surface area contributed by atoms with Gasteiger partial charge in [0.2, 0.25) is 0 Å². The van der Waals surface area contributed by atoms with Crippen molar-refractivity contribution in [3.05, 3.63) is 40.7 Å². The van der Waals surface area contributed by atoms with Crippen molar-refractivity contribution in [2.75, 3.05) is 6.61 Å². The maximum atomic E-state index is 12.3. The molecule has 5 heteroatoms. The molecule has 1 unspecified atom stereocenters. The first kappa shape index (κ1) is 16.6. The number of aliphatic hydroxyl groups is 1. The molecule has 1 aromatic carbocycles. The van der Waals surface area contributed by atoms with Gasteiger partial charge in [0.05, 0.1) is 23.9 Å². The van der Waals surface area contributed by atoms with Crippen molar-refractivity contribution in [1.82, 2.24) is 10.3 Å². The van der Waals surface area contributed by atoms with Gasteiger partial charge in [0, 0.05) is 16.5 Å². The zero-order valence-electron chi connectivity index (χ0n) is 13.2. The average molecular weight is 318 g/mol. The number of amides is 1. The summed E-state index contributed by atoms with van der Waals surface area (Å²) in [6.45, 7) is 6.21. The number of aromatic nitrogens is 1. The molecule has 0 fully saturated rings. The molecule has 1 aromatic heterocycles. The number of rotatable bonds is 5. The molecule has 22 heavy (non-hydrogen) atoms. The zero-order valence-corrected chi connectivity index (χ0v) is 14.0. The van der Waals surface area contributed by atoms with E-state index in [4.69, 9.17) is 0 Å². The number of aliphatic hydroxyl groups excluding tert-OH is 1. The highest BCUT2D eigenvalue weighted by atomic mass is 32.1. The van der Waals surface area contributed by atoms with E-state index in [1.165, 1.54) is 0 Å². The van der Waals surface area contributed by atoms with Gasteiger partial charge < -0.3 is 10.4 Å². The van der Waals surface area contributed by atoms with Crippen LogP contribution in [0, 0.1) is 5.41 Å². The van der Waals surface area contributed by atoms with Crippen LogP contribution in [-0.4, -0.2) is 28.6 Å². The summed E-state index contributed by atoms with van der Waals surface area (Å²) in [5.41, 5.74) is 4.33. The molecule has 2 N–H and O–H groups in total. The molecule has 0 aliphatic carbocycles. The third-order valence-electron chi connectivity index (χ3n) is 3.29. The first-order chi connectivity index (χ1) is 10.4. The van der Waals surface area contributed by atoms with Gasteiger partial charge in [-0.15, -0.1) is 11.3 Å². The maximum absolute atomic E-state index is 12.3. The molecule has 2 aromatic rings. The molecule has 1 atom stereocenters. The van der Waals surface area contributed by atoms with E-state index < -0.39 is 0 Å². The first-order valence-electron chi connectivity index (χ1n) is 7.29. The Morgan fingerprint density at radius 2 is 2.00 bits per heavy atom. The van der Waals surface area contributed by atoms with Gasteiger partial charge >= 0.3 is 0 Å². The fourth-order valence-corrected chi connectivity index (χ4v) is 2.88. The van der Waals surface area contributed by atoms with Crippen molar-refractivity contribution in [3.63, 3.8) is 0 Å². The smallest absolute Gasteiger partial charge is 0.251 e. The summed E-state index contributed by atoms with van der Waals surface area (Å²) < 4.78 is 0. The highest BCUT2D eigenvalue weighted by molar-refractivity contribution is 7.07. The largest absolute Gasteiger partial charge is 0.394 e. The van der Waals surface area contributed by atoms with E-state index in [0.29, 0.717) is 5.56 Å². The molecule has 0 saturated carbocycles. The van der Waals surface area contributed by atoms with E-state index in [0.717, 1.165) is 17.7 Å². The van der Waals surface area contributed by atoms with Crippen LogP contribution in [0.4, 0.5) is 0 Å². The third-order valence-corrected chi connectivity index (χ3v) is 3.88. The molecule has 1 heterocycles. The number of hydrogen-bond acceptors (Lipinski definition) is 4. The molecule has 1 amide bonds. The molecule has 0 spiro atoms. The highest BCUT2D eigenvalue weighted by Crippen LogP contribution is 2.22. The zero-order chi connectivity index (χ0) is 16.2. The van der Waals surface area contributed by atoms with Crippen LogP contribution in [0.15, 0.2) is 35.2 Å². The third kappa shape index (κ3) is 4.64. The van der Waals surface area contributed by atoms with Crippen LogP contribution in [0.1, 0.15) is 37.6 Å². The molecule has 118 valence electrons. The number of carbonyl (C=O) groups excluding carboxylic acids is 1. The molecule has 4 nitrogen and oxygen atoms in total. The minimum atomic E-state index is -0.231. The second kappa shape index (κ2) is 7.03. The van der Waals surface area contributed by atoms with Crippen molar-refractivity contribution < 1.29 is 9.90 Å². The van der Waals surface area contributed by atoms with Gasteiger partial charge in [0.15, 0.2) is 0 Å². The molecule has 0 saturated heterocycles. The predicted octanol–water partition coefficient (Wildman–Crippen LogP) is 3.34. The van der Waals surface area contributed by atoms with Crippen molar-refractivity contribution in [1.29, 1.82) is 0 Å². The standard InChI is InChI=1S/C17H22N2O2S/c1-17(2,3)8-14(9-20)19-16(21)13-6-4-12(5-7-13)15-10-22-11-18-15/h4-7,10-11,14,20H,8-9H2,1-3H3,(H,19,21). The van der Waals surface area contributed by atoms with Crippen molar-refractivity contribution in [2.24, 2.45) is 5.41 Å². The van der Waals surface area contributed by atoms with Gasteiger partial charge in [-0.2, -0.15) is 0 Å². The van der Waals surface area contributed by atoms with E-state index in [9.17, 15) is 9.90 Å². The van der Waals surface area contributed by atoms with Crippen LogP contribution in [0.2, 0.25) is 0 Å². The van der Waals surface area contributed by atoms with Gasteiger partial charge in [0.1, 0.15) is 0 Å². The Bertz CT molecular complexity index is 601. The second-order valence-electron chi connectivity index (χ2n) is 6.57. The molecule has 0 radical (unpaired) electrons. The van der Waals surface area contributed by atoms with Crippen LogP contribution in [0.3, 0.4) is 0 Å². The van der Waals surface area contributed by atoms with Gasteiger partial charge in [0.25, 0.3) is 5.91 Å². The lowest BCUT2D eigenvalue weighted by atomic mass is 9.88. The number of nitrogens with one attached hydrogen (secondary N) is 1. The van der Waals surface area contributed by atoms with Crippen LogP contribution < -0.4 is 5.32 Å². The van der Waals surface area contributed by atoms with Gasteiger partial charge in [-0.3, -0.25) is 4.79 Å². The Kier molecular flexibility index (Phi) is 5.32. The topological polar surface area (TPSA) is 62.2 Å². The molecular weight excluding hydrogens is 296 g/mol. The van der Waals surface area contributed by atoms with Crippen molar-refractivity contribution in [3.8, 4) is 11.3 Å². The van der Waals surface area contributed by atoms with Crippen LogP contribution in [0.5, 0.6) is 0 Å². The molecule has 0 bridgehead atoms. The molecular formula is C17H22N2O2S. The molecule has 0 aliphatic rings. The van der Waals surface area contributed by atoms with Crippen LogP contribution >= 0.6 is 11.3 Å². The number of thiazole rings is 1. The average Bonchev–Trinajstić information content (AvgIpc) is 2.99. The first-order valence-corrected chi connectivity index (χ1v) is 8.24. The summed E-state index contributed by atoms with van der Waals surface area (Å²) in [5, 5.41) is 14.3. The van der Waals surface area contributed by atoms with Crippen LogP contribution in [0.25, 0.3) is 11.3 Å². The van der Waals surface area contributed by atoms with Crippen molar-refractivity contribution >= 4 is 17.2 Å². The summed E-state index contributed by atoms with van der Waals surface area (Å²) in [4.78, 5) is 16.5. The predicted molar refractivity (Wildman–Crippen MR) is 90.0 cm³/mol. The number of carbonyl (C=O) groups is 1. The quantitative estimate of drug-likeness (QED) is 0.889. The number of nitrogens with zero attached hydrogens (tertiary/aromatic N) is 1. The minimum Gasteiger partial charge on any atom is -0.394 e. The van der Waals surface area contributed by atoms with E-state index in [1.54, 1.807) is 29.0 Å². The lowest BCUT2D eigenvalue weighted by molar-refractivity contribution is 0.0897. The Hall–Kier alpha value is -1.72. The Morgan fingerprint density at radius 3 is 2.50 bits per heavy atom. The number of hydrogen-bond donors (Lipinski definition) is 2. The SMILES string of the molecule is CC(C)(C)CC(CO)NC(=O)c1ccc(-c2cscn2)cc1. The van der Waals surface area contributed by atoms with E-state index in [2.05, 4.69) is 31.1 Å². The number of benzene rings is 1. The Balaban J connectivity index is 2.03. The van der Waals surface area contributed by atoms with E-state index >= 15 is 0 Å². The summed E-state index contributed by atoms with van der Waals surface area (Å²) in [5.74, 6) is -0.159. The lowest BCUT2D eigenvalue weighted by Gasteiger charge is -2.25. The fraction of sp³-hybridized carbons (Fsp3) is 0.412. The van der Waals surface area contributed by atoms with Crippen LogP contribution in [-0.2, 0) is 0 Å². The van der Waals surface area contributed by atoms with Crippen molar-refractivity contribution in [2.45, 2.75) is 33.2 Å². The van der Waals surface area contributed by atoms with Gasteiger partial charge in [-0.05, 0) is 24.0 Å².